The molecule has 0 fully saturated rings. The van der Waals surface area contributed by atoms with Crippen LogP contribution in [0.2, 0.25) is 0 Å². The van der Waals surface area contributed by atoms with E-state index in [9.17, 15) is 0 Å². The summed E-state index contributed by atoms with van der Waals surface area (Å²) in [6.45, 7) is 9.57. The van der Waals surface area contributed by atoms with Crippen LogP contribution in [-0.4, -0.2) is 0 Å². The molecule has 0 N–H and O–H groups in total. The minimum Gasteiger partial charge on any atom is -1.00 e. The molecule has 0 aromatic heterocycles. The van der Waals surface area contributed by atoms with Crippen molar-refractivity contribution in [3.8, 4) is 0 Å². The predicted octanol–water partition coefficient (Wildman–Crippen LogP) is 3.40. The Labute approximate surface area is 244 Å². The maximum atomic E-state index is 2.53. The molecule has 0 heterocycles. The number of hydrogen-bond acceptors (Lipinski definition) is 0. The van der Waals surface area contributed by atoms with Crippen LogP contribution in [0.1, 0.15) is 38.8 Å². The number of allylic oxidation sites excluding steroid dienone is 8. The summed E-state index contributed by atoms with van der Waals surface area (Å²) in [5, 5.41) is 5.38. The first-order valence-electron chi connectivity index (χ1n) is 12.6. The fourth-order valence-electron chi connectivity index (χ4n) is 5.95. The maximum Gasteiger partial charge on any atom is -1.00 e. The Morgan fingerprint density at radius 1 is 0.514 bits per heavy atom. The molecule has 0 saturated heterocycles. The molecule has 184 valence electrons. The van der Waals surface area contributed by atoms with Gasteiger partial charge >= 0.3 is 221 Å². The van der Waals surface area contributed by atoms with E-state index in [1.165, 1.54) is 55.0 Å². The summed E-state index contributed by atoms with van der Waals surface area (Å²) in [4.78, 5) is 0. The van der Waals surface area contributed by atoms with Gasteiger partial charge in [0.05, 0.1) is 0 Å². The second kappa shape index (κ2) is 11.3. The van der Waals surface area contributed by atoms with E-state index in [4.69, 9.17) is 0 Å². The number of rotatable bonds is 4. The van der Waals surface area contributed by atoms with Gasteiger partial charge in [0, 0.05) is 0 Å². The van der Waals surface area contributed by atoms with Crippen molar-refractivity contribution in [3.63, 3.8) is 0 Å². The zero-order chi connectivity index (χ0) is 24.1. The van der Waals surface area contributed by atoms with Gasteiger partial charge in [0.1, 0.15) is 0 Å². The van der Waals surface area contributed by atoms with E-state index in [0.717, 1.165) is 0 Å². The molecule has 0 amide bonds. The van der Waals surface area contributed by atoms with Crippen molar-refractivity contribution in [3.05, 3.63) is 126 Å². The van der Waals surface area contributed by atoms with Gasteiger partial charge < -0.3 is 24.8 Å². The zero-order valence-electron chi connectivity index (χ0n) is 21.6. The Kier molecular flexibility index (Phi) is 8.49. The largest absolute Gasteiger partial charge is 1.00 e. The van der Waals surface area contributed by atoms with Gasteiger partial charge in [-0.3, -0.25) is 0 Å². The zero-order valence-corrected chi connectivity index (χ0v) is 25.6. The van der Waals surface area contributed by atoms with Crippen molar-refractivity contribution < 1.29 is 48.0 Å². The Balaban J connectivity index is 0.00000160. The van der Waals surface area contributed by atoms with E-state index in [1.807, 2.05) is 0 Å². The van der Waals surface area contributed by atoms with Crippen LogP contribution < -0.4 is 24.8 Å². The molecule has 4 aromatic carbocycles. The summed E-state index contributed by atoms with van der Waals surface area (Å²) in [5.41, 5.74) is 8.76. The summed E-state index contributed by atoms with van der Waals surface area (Å²) in [7, 11) is 0. The van der Waals surface area contributed by atoms with Crippen molar-refractivity contribution in [2.24, 2.45) is 11.8 Å². The van der Waals surface area contributed by atoms with E-state index < -0.39 is 23.2 Å². The molecule has 0 bridgehead atoms. The topological polar surface area (TPSA) is 0 Å². The molecular weight excluding hydrogens is 571 g/mol. The fourth-order valence-corrected chi connectivity index (χ4v) is 9.78. The molecule has 3 heteroatoms. The normalized spacial score (nSPS) is 18.9. The molecule has 37 heavy (non-hydrogen) atoms. The van der Waals surface area contributed by atoms with Crippen LogP contribution in [0.5, 0.6) is 0 Å². The van der Waals surface area contributed by atoms with Crippen LogP contribution in [0, 0.1) is 11.8 Å². The van der Waals surface area contributed by atoms with Crippen molar-refractivity contribution >= 4 is 32.7 Å². The molecule has 6 rings (SSSR count). The van der Waals surface area contributed by atoms with Crippen LogP contribution in [0.3, 0.4) is 0 Å². The third-order valence-corrected chi connectivity index (χ3v) is 13.2. The summed E-state index contributed by atoms with van der Waals surface area (Å²) >= 11 is -0.905. The molecule has 0 radical (unpaired) electrons. The molecule has 4 aromatic rings. The predicted molar refractivity (Wildman–Crippen MR) is 148 cm³/mol. The number of fused-ring (bicyclic) bond motifs is 2. The van der Waals surface area contributed by atoms with Crippen molar-refractivity contribution in [2.45, 2.75) is 27.7 Å². The van der Waals surface area contributed by atoms with Crippen LogP contribution in [0.4, 0.5) is 0 Å². The number of halogens is 2. The standard InChI is InChI=1S/2C17H15.2ClH.Zr/c2*1-12-10-13(2)17(11-12)16-9-5-7-14-6-3-4-8-15(14)16;;;/h2*3-9,11-12H,1-2H3;2*1H;/q;;;;+2/p-2. The van der Waals surface area contributed by atoms with Crippen LogP contribution in [0.15, 0.2) is 115 Å². The van der Waals surface area contributed by atoms with Gasteiger partial charge in [0.2, 0.25) is 0 Å². The maximum absolute atomic E-state index is 2.53. The summed E-state index contributed by atoms with van der Waals surface area (Å²) in [6, 6.07) is 31.1. The van der Waals surface area contributed by atoms with Gasteiger partial charge in [-0.15, -0.1) is 0 Å². The smallest absolute Gasteiger partial charge is 1.00 e. The van der Waals surface area contributed by atoms with Crippen LogP contribution >= 0.6 is 0 Å². The van der Waals surface area contributed by atoms with Gasteiger partial charge in [0.25, 0.3) is 0 Å². The first-order valence-corrected chi connectivity index (χ1v) is 15.1. The number of hydrogen-bond donors (Lipinski definition) is 0. The summed E-state index contributed by atoms with van der Waals surface area (Å²) in [5.74, 6) is 1.06. The van der Waals surface area contributed by atoms with Gasteiger partial charge in [-0.1, -0.05) is 0 Å². The average molecular weight is 601 g/mol. The Morgan fingerprint density at radius 3 is 1.32 bits per heavy atom. The molecule has 2 aliphatic rings. The minimum absolute atomic E-state index is 0. The summed E-state index contributed by atoms with van der Waals surface area (Å²) in [6.07, 6.45) is 5.06. The molecule has 2 aliphatic carbocycles. The fraction of sp³-hybridized carbons (Fsp3) is 0.176. The van der Waals surface area contributed by atoms with E-state index in [2.05, 4.69) is 125 Å². The molecule has 2 unspecified atom stereocenters. The van der Waals surface area contributed by atoms with Crippen molar-refractivity contribution in [1.82, 2.24) is 0 Å². The quantitative estimate of drug-likeness (QED) is 0.337. The Bertz CT molecular complexity index is 1490. The third-order valence-electron chi connectivity index (χ3n) is 7.79. The monoisotopic (exact) mass is 598 g/mol. The van der Waals surface area contributed by atoms with Crippen molar-refractivity contribution in [2.75, 3.05) is 0 Å². The molecule has 0 saturated carbocycles. The van der Waals surface area contributed by atoms with Gasteiger partial charge in [-0.25, -0.2) is 0 Å². The molecule has 0 spiro atoms. The first-order chi connectivity index (χ1) is 17.0. The van der Waals surface area contributed by atoms with Crippen LogP contribution in [-0.2, 0) is 23.2 Å². The Morgan fingerprint density at radius 2 is 0.892 bits per heavy atom. The second-order valence-electron chi connectivity index (χ2n) is 9.99. The molecule has 0 aliphatic heterocycles. The molecular formula is C34H30Cl2Zr. The minimum atomic E-state index is -0.905. The average Bonchev–Trinajstić information content (AvgIpc) is 3.33. The van der Waals surface area contributed by atoms with Crippen LogP contribution in [0.25, 0.3) is 32.7 Å². The third kappa shape index (κ3) is 4.87. The van der Waals surface area contributed by atoms with E-state index in [1.54, 1.807) is 6.56 Å². The van der Waals surface area contributed by atoms with Gasteiger partial charge in [-0.2, -0.15) is 0 Å². The Hall–Kier alpha value is -2.18. The molecule has 0 nitrogen and oxygen atoms in total. The van der Waals surface area contributed by atoms with Gasteiger partial charge in [-0.05, 0) is 0 Å². The first kappa shape index (κ1) is 27.8. The van der Waals surface area contributed by atoms with Crippen molar-refractivity contribution in [1.29, 1.82) is 0 Å². The van der Waals surface area contributed by atoms with E-state index in [0.29, 0.717) is 11.8 Å². The molecule has 2 atom stereocenters. The second-order valence-corrected chi connectivity index (χ2v) is 13.3. The number of benzene rings is 4. The SMILES string of the molecule is CC1=[C]([Zr+2][C]2=C(C)C(c3cccc4ccccc34)=CC2C)C(C)C=C1c1cccc2ccccc12.[Cl-].[Cl-]. The van der Waals surface area contributed by atoms with E-state index in [-0.39, 0.29) is 24.8 Å². The van der Waals surface area contributed by atoms with E-state index >= 15 is 0 Å². The summed E-state index contributed by atoms with van der Waals surface area (Å²) < 4.78 is 3.48. The van der Waals surface area contributed by atoms with Gasteiger partial charge in [0.15, 0.2) is 0 Å².